The Morgan fingerprint density at radius 1 is 1.10 bits per heavy atom. The van der Waals surface area contributed by atoms with Crippen molar-refractivity contribution < 1.29 is 0 Å². The van der Waals surface area contributed by atoms with Crippen molar-refractivity contribution in [3.63, 3.8) is 0 Å². The van der Waals surface area contributed by atoms with Crippen LogP contribution in [0, 0.1) is 11.3 Å². The first-order valence-corrected chi connectivity index (χ1v) is 9.34. The number of hydrogen-bond acceptors (Lipinski definition) is 4. The van der Waals surface area contributed by atoms with Gasteiger partial charge in [-0.25, -0.2) is 15.8 Å². The molecule has 29 heavy (non-hydrogen) atoms. The van der Waals surface area contributed by atoms with Gasteiger partial charge in [-0.15, -0.1) is 0 Å². The van der Waals surface area contributed by atoms with Crippen molar-refractivity contribution in [3.05, 3.63) is 88.2 Å². The number of hydrazine groups is 1. The van der Waals surface area contributed by atoms with Gasteiger partial charge in [0.15, 0.2) is 5.84 Å². The highest BCUT2D eigenvalue weighted by molar-refractivity contribution is 6.35. The molecular weight excluding hydrogens is 407 g/mol. The van der Waals surface area contributed by atoms with Crippen molar-refractivity contribution in [2.24, 2.45) is 10.8 Å². The third-order valence-electron chi connectivity index (χ3n) is 4.31. The first kappa shape index (κ1) is 19.0. The van der Waals surface area contributed by atoms with Crippen LogP contribution >= 0.6 is 23.2 Å². The second-order valence-electron chi connectivity index (χ2n) is 6.13. The van der Waals surface area contributed by atoms with E-state index >= 15 is 0 Å². The van der Waals surface area contributed by atoms with Gasteiger partial charge in [0, 0.05) is 16.8 Å². The lowest BCUT2D eigenvalue weighted by Gasteiger charge is -2.10. The van der Waals surface area contributed by atoms with E-state index in [0.29, 0.717) is 49.7 Å². The van der Waals surface area contributed by atoms with Crippen LogP contribution in [0.4, 0.5) is 5.69 Å². The largest absolute Gasteiger partial charge is 0.307 e. The zero-order valence-electron chi connectivity index (χ0n) is 15.0. The van der Waals surface area contributed by atoms with E-state index in [9.17, 15) is 0 Å². The Bertz CT molecular complexity index is 1270. The molecule has 6 nitrogen and oxygen atoms in total. The fourth-order valence-corrected chi connectivity index (χ4v) is 3.36. The van der Waals surface area contributed by atoms with Crippen molar-refractivity contribution in [3.8, 4) is 17.3 Å². The van der Waals surface area contributed by atoms with E-state index in [1.165, 1.54) is 0 Å². The Morgan fingerprint density at radius 2 is 1.90 bits per heavy atom. The minimum absolute atomic E-state index is 0.388. The minimum atomic E-state index is 0.388. The lowest BCUT2D eigenvalue weighted by Crippen LogP contribution is -2.32. The van der Waals surface area contributed by atoms with Crippen LogP contribution in [0.2, 0.25) is 10.0 Å². The zero-order valence-corrected chi connectivity index (χ0v) is 16.5. The molecule has 0 atom stereocenters. The SMILES string of the molecule is N#Cc1ccc(N=C(NN)c2c(-c3cc(Cl)ccc3Cl)nc3ccccn23)cc1. The number of pyridine rings is 1. The summed E-state index contributed by atoms with van der Waals surface area (Å²) < 4.78 is 1.87. The number of amidine groups is 1. The summed E-state index contributed by atoms with van der Waals surface area (Å²) in [7, 11) is 0. The maximum absolute atomic E-state index is 8.98. The summed E-state index contributed by atoms with van der Waals surface area (Å²) in [5.41, 5.74) is 6.44. The van der Waals surface area contributed by atoms with Crippen LogP contribution < -0.4 is 11.3 Å². The molecule has 0 saturated carbocycles. The molecule has 2 aromatic carbocycles. The quantitative estimate of drug-likeness (QED) is 0.217. The molecule has 3 N–H and O–H groups in total. The summed E-state index contributed by atoms with van der Waals surface area (Å²) in [5.74, 6) is 6.23. The average Bonchev–Trinajstić information content (AvgIpc) is 3.13. The van der Waals surface area contributed by atoms with Gasteiger partial charge in [-0.05, 0) is 54.6 Å². The Hall–Kier alpha value is -3.37. The van der Waals surface area contributed by atoms with Crippen LogP contribution in [0.15, 0.2) is 71.9 Å². The normalized spacial score (nSPS) is 11.4. The van der Waals surface area contributed by atoms with Crippen LogP contribution in [-0.2, 0) is 0 Å². The standard InChI is InChI=1S/C21H14Cl2N6/c22-14-6-9-17(23)16(11-14)19-20(29-10-2-1-3-18(29)27-19)21(28-25)26-15-7-4-13(12-24)5-8-15/h1-11H,25H2,(H,26,28). The van der Waals surface area contributed by atoms with Crippen molar-refractivity contribution in [2.75, 3.05) is 0 Å². The Morgan fingerprint density at radius 3 is 2.62 bits per heavy atom. The monoisotopic (exact) mass is 420 g/mol. The van der Waals surface area contributed by atoms with E-state index in [-0.39, 0.29) is 0 Å². The topological polar surface area (TPSA) is 91.5 Å². The zero-order chi connectivity index (χ0) is 20.4. The molecule has 0 radical (unpaired) electrons. The molecule has 0 aliphatic rings. The molecule has 0 bridgehead atoms. The highest BCUT2D eigenvalue weighted by Crippen LogP contribution is 2.33. The Kier molecular flexibility index (Phi) is 5.19. The lowest BCUT2D eigenvalue weighted by molar-refractivity contribution is 1.00. The first-order valence-electron chi connectivity index (χ1n) is 8.59. The number of nitrogens with zero attached hydrogens (tertiary/aromatic N) is 4. The molecule has 2 heterocycles. The van der Waals surface area contributed by atoms with E-state index in [1.807, 2.05) is 28.8 Å². The number of nitriles is 1. The minimum Gasteiger partial charge on any atom is -0.307 e. The summed E-state index contributed by atoms with van der Waals surface area (Å²) in [6, 6.07) is 19.8. The molecule has 2 aromatic heterocycles. The van der Waals surface area contributed by atoms with Gasteiger partial charge in [0.2, 0.25) is 0 Å². The summed E-state index contributed by atoms with van der Waals surface area (Å²) >= 11 is 12.6. The lowest BCUT2D eigenvalue weighted by atomic mass is 10.1. The molecular formula is C21H14Cl2N6. The number of hydrogen-bond donors (Lipinski definition) is 2. The molecule has 8 heteroatoms. The number of nitrogens with one attached hydrogen (secondary N) is 1. The van der Waals surface area contributed by atoms with Gasteiger partial charge < -0.3 is 5.43 Å². The van der Waals surface area contributed by atoms with Crippen molar-refractivity contribution >= 4 is 40.4 Å². The van der Waals surface area contributed by atoms with Crippen molar-refractivity contribution in [1.82, 2.24) is 14.8 Å². The molecule has 4 aromatic rings. The number of aromatic nitrogens is 2. The van der Waals surface area contributed by atoms with Crippen molar-refractivity contribution in [1.29, 1.82) is 5.26 Å². The van der Waals surface area contributed by atoms with Crippen LogP contribution in [0.5, 0.6) is 0 Å². The predicted octanol–water partition coefficient (Wildman–Crippen LogP) is 4.72. The molecule has 0 saturated heterocycles. The molecule has 0 spiro atoms. The van der Waals surface area contributed by atoms with Gasteiger partial charge in [-0.2, -0.15) is 5.26 Å². The molecule has 142 valence electrons. The van der Waals surface area contributed by atoms with Gasteiger partial charge in [-0.1, -0.05) is 29.3 Å². The molecule has 0 amide bonds. The van der Waals surface area contributed by atoms with Crippen LogP contribution in [-0.4, -0.2) is 15.2 Å². The maximum Gasteiger partial charge on any atom is 0.167 e. The fraction of sp³-hybridized carbons (Fsp3) is 0. The van der Waals surface area contributed by atoms with Gasteiger partial charge in [0.25, 0.3) is 0 Å². The summed E-state index contributed by atoms with van der Waals surface area (Å²) in [4.78, 5) is 9.34. The summed E-state index contributed by atoms with van der Waals surface area (Å²) in [5, 5.41) is 10.0. The highest BCUT2D eigenvalue weighted by Gasteiger charge is 2.20. The number of halogens is 2. The number of fused-ring (bicyclic) bond motifs is 1. The number of rotatable bonds is 3. The van der Waals surface area contributed by atoms with E-state index in [4.69, 9.17) is 39.3 Å². The van der Waals surface area contributed by atoms with E-state index in [0.717, 1.165) is 0 Å². The molecule has 0 unspecified atom stereocenters. The Labute approximate surface area is 176 Å². The van der Waals surface area contributed by atoms with E-state index in [1.54, 1.807) is 42.5 Å². The molecule has 0 aliphatic heterocycles. The van der Waals surface area contributed by atoms with Crippen LogP contribution in [0.25, 0.3) is 16.9 Å². The van der Waals surface area contributed by atoms with Gasteiger partial charge in [0.05, 0.1) is 22.3 Å². The van der Waals surface area contributed by atoms with Crippen molar-refractivity contribution in [2.45, 2.75) is 0 Å². The summed E-state index contributed by atoms with van der Waals surface area (Å²) in [6.45, 7) is 0. The van der Waals surface area contributed by atoms with Gasteiger partial charge in [-0.3, -0.25) is 4.40 Å². The number of benzene rings is 2. The Balaban J connectivity index is 1.96. The molecule has 0 aliphatic carbocycles. The highest BCUT2D eigenvalue weighted by atomic mass is 35.5. The fourth-order valence-electron chi connectivity index (χ4n) is 2.98. The average molecular weight is 421 g/mol. The third kappa shape index (κ3) is 3.67. The second-order valence-corrected chi connectivity index (χ2v) is 6.97. The third-order valence-corrected chi connectivity index (χ3v) is 4.88. The summed E-state index contributed by atoms with van der Waals surface area (Å²) in [6.07, 6.45) is 1.87. The van der Waals surface area contributed by atoms with Crippen LogP contribution in [0.3, 0.4) is 0 Å². The van der Waals surface area contributed by atoms with Crippen LogP contribution in [0.1, 0.15) is 11.3 Å². The number of imidazole rings is 1. The maximum atomic E-state index is 8.98. The predicted molar refractivity (Wildman–Crippen MR) is 115 cm³/mol. The molecule has 0 fully saturated rings. The number of nitrogens with two attached hydrogens (primary N) is 1. The molecule has 4 rings (SSSR count). The smallest absolute Gasteiger partial charge is 0.167 e. The number of aliphatic imine (C=N–C) groups is 1. The van der Waals surface area contributed by atoms with E-state index < -0.39 is 0 Å². The van der Waals surface area contributed by atoms with Gasteiger partial charge in [0.1, 0.15) is 17.0 Å². The first-order chi connectivity index (χ1) is 14.1. The second kappa shape index (κ2) is 7.94. The van der Waals surface area contributed by atoms with Gasteiger partial charge >= 0.3 is 0 Å². The van der Waals surface area contributed by atoms with E-state index in [2.05, 4.69) is 16.5 Å².